The fourth-order valence-electron chi connectivity index (χ4n) is 3.47. The summed E-state index contributed by atoms with van der Waals surface area (Å²) < 4.78 is 1.80. The lowest BCUT2D eigenvalue weighted by Crippen LogP contribution is -2.29. The van der Waals surface area contributed by atoms with Crippen LogP contribution >= 0.6 is 11.6 Å². The molecule has 0 radical (unpaired) electrons. The van der Waals surface area contributed by atoms with E-state index in [4.69, 9.17) is 11.6 Å². The number of nitrogens with one attached hydrogen (secondary N) is 1. The molecular formula is C16H28ClN3. The molecule has 114 valence electrons. The van der Waals surface area contributed by atoms with Crippen LogP contribution in [-0.4, -0.2) is 22.9 Å². The van der Waals surface area contributed by atoms with Crippen LogP contribution in [0.4, 0.5) is 0 Å². The lowest BCUT2D eigenvalue weighted by atomic mass is 9.85. The Balaban J connectivity index is 2.05. The molecule has 2 rings (SSSR count). The third-order valence-electron chi connectivity index (χ3n) is 4.64. The second-order valence-electron chi connectivity index (χ2n) is 6.19. The predicted octanol–water partition coefficient (Wildman–Crippen LogP) is 3.73. The standard InChI is InChI=1S/C16H28ClN3/c1-4-9-18-11-14(13-7-5-6-8-13)10-15-12(2)19-20(3)16(15)17/h13-14,18H,4-11H2,1-3H3. The molecule has 0 bridgehead atoms. The van der Waals surface area contributed by atoms with E-state index >= 15 is 0 Å². The first-order valence-electron chi connectivity index (χ1n) is 8.02. The molecule has 1 aliphatic rings. The van der Waals surface area contributed by atoms with Crippen molar-refractivity contribution in [2.75, 3.05) is 13.1 Å². The molecule has 1 fully saturated rings. The third kappa shape index (κ3) is 3.76. The summed E-state index contributed by atoms with van der Waals surface area (Å²) in [6.07, 6.45) is 7.83. The Morgan fingerprint density at radius 2 is 2.10 bits per heavy atom. The Kier molecular flexibility index (Phi) is 5.91. The quantitative estimate of drug-likeness (QED) is 0.777. The second kappa shape index (κ2) is 7.46. The highest BCUT2D eigenvalue weighted by Crippen LogP contribution is 2.34. The van der Waals surface area contributed by atoms with Gasteiger partial charge in [-0.1, -0.05) is 44.2 Å². The van der Waals surface area contributed by atoms with Crippen molar-refractivity contribution in [3.8, 4) is 0 Å². The van der Waals surface area contributed by atoms with Crippen molar-refractivity contribution >= 4 is 11.6 Å². The van der Waals surface area contributed by atoms with E-state index in [-0.39, 0.29) is 0 Å². The van der Waals surface area contributed by atoms with E-state index in [2.05, 4.69) is 24.3 Å². The zero-order valence-electron chi connectivity index (χ0n) is 13.1. The van der Waals surface area contributed by atoms with Gasteiger partial charge in [0.1, 0.15) is 5.15 Å². The normalized spacial score (nSPS) is 17.8. The zero-order chi connectivity index (χ0) is 14.5. The molecule has 1 heterocycles. The third-order valence-corrected chi connectivity index (χ3v) is 5.11. The lowest BCUT2D eigenvalue weighted by molar-refractivity contribution is 0.321. The number of rotatable bonds is 7. The second-order valence-corrected chi connectivity index (χ2v) is 6.55. The number of halogens is 1. The van der Waals surface area contributed by atoms with Crippen molar-refractivity contribution in [2.24, 2.45) is 18.9 Å². The van der Waals surface area contributed by atoms with Crippen LogP contribution in [-0.2, 0) is 13.5 Å². The fourth-order valence-corrected chi connectivity index (χ4v) is 3.72. The van der Waals surface area contributed by atoms with Crippen molar-refractivity contribution in [1.29, 1.82) is 0 Å². The summed E-state index contributed by atoms with van der Waals surface area (Å²) in [5.41, 5.74) is 2.35. The first kappa shape index (κ1) is 15.8. The molecule has 3 nitrogen and oxygen atoms in total. The molecular weight excluding hydrogens is 270 g/mol. The molecule has 0 spiro atoms. The van der Waals surface area contributed by atoms with Crippen molar-refractivity contribution in [3.05, 3.63) is 16.4 Å². The summed E-state index contributed by atoms with van der Waals surface area (Å²) in [6, 6.07) is 0. The number of aromatic nitrogens is 2. The Bertz CT molecular complexity index is 422. The summed E-state index contributed by atoms with van der Waals surface area (Å²) in [6.45, 7) is 6.53. The first-order chi connectivity index (χ1) is 9.63. The molecule has 4 heteroatoms. The minimum absolute atomic E-state index is 0.699. The van der Waals surface area contributed by atoms with Gasteiger partial charge < -0.3 is 5.32 Å². The minimum Gasteiger partial charge on any atom is -0.316 e. The number of aryl methyl sites for hydroxylation is 2. The molecule has 1 saturated carbocycles. The van der Waals surface area contributed by atoms with Crippen LogP contribution < -0.4 is 5.32 Å². The highest BCUT2D eigenvalue weighted by molar-refractivity contribution is 6.30. The Labute approximate surface area is 128 Å². The minimum atomic E-state index is 0.699. The molecule has 0 aromatic carbocycles. The van der Waals surface area contributed by atoms with Crippen LogP contribution in [0.3, 0.4) is 0 Å². The smallest absolute Gasteiger partial charge is 0.130 e. The van der Waals surface area contributed by atoms with Gasteiger partial charge in [0.15, 0.2) is 0 Å². The molecule has 0 amide bonds. The topological polar surface area (TPSA) is 29.9 Å². The van der Waals surface area contributed by atoms with Gasteiger partial charge >= 0.3 is 0 Å². The van der Waals surface area contributed by atoms with E-state index in [1.54, 1.807) is 4.68 Å². The van der Waals surface area contributed by atoms with E-state index in [1.807, 2.05) is 7.05 Å². The van der Waals surface area contributed by atoms with E-state index in [1.165, 1.54) is 37.7 Å². The number of nitrogens with zero attached hydrogens (tertiary/aromatic N) is 2. The molecule has 1 aliphatic carbocycles. The average molecular weight is 298 g/mol. The van der Waals surface area contributed by atoms with Crippen molar-refractivity contribution in [1.82, 2.24) is 15.1 Å². The van der Waals surface area contributed by atoms with Gasteiger partial charge in [-0.15, -0.1) is 0 Å². The van der Waals surface area contributed by atoms with Gasteiger partial charge in [0.25, 0.3) is 0 Å². The van der Waals surface area contributed by atoms with E-state index in [9.17, 15) is 0 Å². The molecule has 1 N–H and O–H groups in total. The van der Waals surface area contributed by atoms with Gasteiger partial charge in [-0.3, -0.25) is 4.68 Å². The van der Waals surface area contributed by atoms with E-state index < -0.39 is 0 Å². The van der Waals surface area contributed by atoms with Gasteiger partial charge in [0, 0.05) is 12.6 Å². The van der Waals surface area contributed by atoms with E-state index in [0.29, 0.717) is 5.92 Å². The molecule has 1 atom stereocenters. The van der Waals surface area contributed by atoms with Crippen molar-refractivity contribution < 1.29 is 0 Å². The summed E-state index contributed by atoms with van der Waals surface area (Å²) in [5.74, 6) is 1.56. The fraction of sp³-hybridized carbons (Fsp3) is 0.812. The van der Waals surface area contributed by atoms with Gasteiger partial charge in [0.2, 0.25) is 0 Å². The van der Waals surface area contributed by atoms with Gasteiger partial charge in [-0.25, -0.2) is 0 Å². The molecule has 1 unspecified atom stereocenters. The van der Waals surface area contributed by atoms with Gasteiger partial charge in [-0.05, 0) is 44.7 Å². The molecule has 1 aromatic rings. The predicted molar refractivity (Wildman–Crippen MR) is 85.3 cm³/mol. The maximum atomic E-state index is 6.41. The largest absolute Gasteiger partial charge is 0.316 e. The van der Waals surface area contributed by atoms with Gasteiger partial charge in [0.05, 0.1) is 5.69 Å². The molecule has 20 heavy (non-hydrogen) atoms. The van der Waals surface area contributed by atoms with Crippen LogP contribution in [0.5, 0.6) is 0 Å². The van der Waals surface area contributed by atoms with Crippen LogP contribution in [0.2, 0.25) is 5.15 Å². The SMILES string of the molecule is CCCNCC(Cc1c(C)nn(C)c1Cl)C1CCCC1. The lowest BCUT2D eigenvalue weighted by Gasteiger charge is -2.24. The highest BCUT2D eigenvalue weighted by atomic mass is 35.5. The average Bonchev–Trinajstić information content (AvgIpc) is 3.02. The summed E-state index contributed by atoms with van der Waals surface area (Å²) >= 11 is 6.41. The van der Waals surface area contributed by atoms with Gasteiger partial charge in [-0.2, -0.15) is 5.10 Å². The highest BCUT2D eigenvalue weighted by Gasteiger charge is 2.27. The maximum Gasteiger partial charge on any atom is 0.130 e. The number of hydrogen-bond donors (Lipinski definition) is 1. The molecule has 1 aromatic heterocycles. The summed E-state index contributed by atoms with van der Waals surface area (Å²) in [5, 5.41) is 8.88. The van der Waals surface area contributed by atoms with Crippen LogP contribution in [0, 0.1) is 18.8 Å². The Hall–Kier alpha value is -0.540. The zero-order valence-corrected chi connectivity index (χ0v) is 13.8. The monoisotopic (exact) mass is 297 g/mol. The maximum absolute atomic E-state index is 6.41. The van der Waals surface area contributed by atoms with Crippen molar-refractivity contribution in [2.45, 2.75) is 52.4 Å². The summed E-state index contributed by atoms with van der Waals surface area (Å²) in [4.78, 5) is 0. The number of hydrogen-bond acceptors (Lipinski definition) is 2. The van der Waals surface area contributed by atoms with E-state index in [0.717, 1.165) is 36.3 Å². The van der Waals surface area contributed by atoms with Crippen LogP contribution in [0.15, 0.2) is 0 Å². The Morgan fingerprint density at radius 3 is 2.65 bits per heavy atom. The Morgan fingerprint density at radius 1 is 1.40 bits per heavy atom. The molecule has 0 aliphatic heterocycles. The van der Waals surface area contributed by atoms with Crippen LogP contribution in [0.25, 0.3) is 0 Å². The summed E-state index contributed by atoms with van der Waals surface area (Å²) in [7, 11) is 1.93. The first-order valence-corrected chi connectivity index (χ1v) is 8.40. The van der Waals surface area contributed by atoms with Crippen LogP contribution in [0.1, 0.15) is 50.3 Å². The van der Waals surface area contributed by atoms with Crippen molar-refractivity contribution in [3.63, 3.8) is 0 Å². The molecule has 0 saturated heterocycles.